The van der Waals surface area contributed by atoms with Crippen LogP contribution in [-0.4, -0.2) is 18.4 Å². The summed E-state index contributed by atoms with van der Waals surface area (Å²) in [4.78, 5) is 25.8. The maximum absolute atomic E-state index is 13.0. The van der Waals surface area contributed by atoms with Crippen LogP contribution < -0.4 is 10.2 Å². The van der Waals surface area contributed by atoms with Crippen molar-refractivity contribution in [3.63, 3.8) is 0 Å². The van der Waals surface area contributed by atoms with E-state index in [0.29, 0.717) is 5.69 Å². The van der Waals surface area contributed by atoms with Crippen molar-refractivity contribution in [2.45, 2.75) is 12.6 Å². The Labute approximate surface area is 146 Å². The fourth-order valence-corrected chi connectivity index (χ4v) is 2.77. The van der Waals surface area contributed by atoms with Crippen molar-refractivity contribution in [2.24, 2.45) is 5.92 Å². The number of nitrogens with zero attached hydrogens (tertiary/aromatic N) is 1. The fraction of sp³-hybridized carbons (Fsp3) is 0.222. The molecule has 0 aromatic heterocycles. The van der Waals surface area contributed by atoms with Gasteiger partial charge in [-0.15, -0.1) is 0 Å². The number of carbonyl (C=O) groups is 2. The lowest BCUT2D eigenvalue weighted by atomic mass is 10.1. The molecule has 0 saturated carbocycles. The zero-order valence-electron chi connectivity index (χ0n) is 13.4. The van der Waals surface area contributed by atoms with Gasteiger partial charge < -0.3 is 10.2 Å². The molecule has 3 rings (SSSR count). The number of hydrogen-bond acceptors (Lipinski definition) is 2. The molecule has 2 amide bonds. The Morgan fingerprint density at radius 3 is 2.46 bits per heavy atom. The third-order valence-electron chi connectivity index (χ3n) is 4.09. The number of nitrogens with one attached hydrogen (secondary N) is 1. The molecular weight excluding hydrogens is 352 g/mol. The summed E-state index contributed by atoms with van der Waals surface area (Å²) in [7, 11) is 0. The highest BCUT2D eigenvalue weighted by atomic mass is 19.4. The normalized spacial score (nSPS) is 17.5. The smallest absolute Gasteiger partial charge is 0.326 e. The highest BCUT2D eigenvalue weighted by Gasteiger charge is 2.35. The number of rotatable bonds is 3. The number of amides is 2. The predicted molar refractivity (Wildman–Crippen MR) is 86.9 cm³/mol. The molecule has 0 radical (unpaired) electrons. The summed E-state index contributed by atoms with van der Waals surface area (Å²) >= 11 is 0. The van der Waals surface area contributed by atoms with Crippen molar-refractivity contribution in [1.29, 1.82) is 0 Å². The van der Waals surface area contributed by atoms with Gasteiger partial charge in [0.05, 0.1) is 11.5 Å². The van der Waals surface area contributed by atoms with Crippen LogP contribution in [0.2, 0.25) is 0 Å². The number of alkyl halides is 3. The van der Waals surface area contributed by atoms with Crippen LogP contribution in [0.4, 0.5) is 28.9 Å². The molecule has 0 bridgehead atoms. The van der Waals surface area contributed by atoms with Gasteiger partial charge in [0, 0.05) is 24.3 Å². The van der Waals surface area contributed by atoms with Crippen molar-refractivity contribution in [3.05, 3.63) is 59.9 Å². The van der Waals surface area contributed by atoms with Crippen LogP contribution >= 0.6 is 0 Å². The molecule has 0 aliphatic carbocycles. The minimum absolute atomic E-state index is 0.0116. The van der Waals surface area contributed by atoms with Crippen LogP contribution in [0.1, 0.15) is 12.0 Å². The summed E-state index contributed by atoms with van der Waals surface area (Å²) in [5, 5.41) is 2.42. The van der Waals surface area contributed by atoms with Crippen molar-refractivity contribution < 1.29 is 27.2 Å². The molecule has 1 aliphatic rings. The lowest BCUT2D eigenvalue weighted by Gasteiger charge is -2.17. The minimum Gasteiger partial charge on any atom is -0.326 e. The van der Waals surface area contributed by atoms with Gasteiger partial charge in [-0.25, -0.2) is 4.39 Å². The van der Waals surface area contributed by atoms with Crippen LogP contribution in [0.5, 0.6) is 0 Å². The van der Waals surface area contributed by atoms with Crippen molar-refractivity contribution in [2.75, 3.05) is 16.8 Å². The van der Waals surface area contributed by atoms with Gasteiger partial charge in [-0.2, -0.15) is 13.2 Å². The topological polar surface area (TPSA) is 49.4 Å². The number of hydrogen-bond donors (Lipinski definition) is 1. The molecule has 26 heavy (non-hydrogen) atoms. The van der Waals surface area contributed by atoms with E-state index in [4.69, 9.17) is 0 Å². The van der Waals surface area contributed by atoms with Gasteiger partial charge in [-0.05, 0) is 42.5 Å². The lowest BCUT2D eigenvalue weighted by Crippen LogP contribution is -2.28. The predicted octanol–water partition coefficient (Wildman–Crippen LogP) is 3.84. The summed E-state index contributed by atoms with van der Waals surface area (Å²) in [6, 6.07) is 9.57. The lowest BCUT2D eigenvalue weighted by molar-refractivity contribution is -0.137. The maximum atomic E-state index is 13.0. The third kappa shape index (κ3) is 3.84. The van der Waals surface area contributed by atoms with E-state index in [1.54, 1.807) is 0 Å². The minimum atomic E-state index is -4.51. The van der Waals surface area contributed by atoms with Crippen molar-refractivity contribution in [1.82, 2.24) is 0 Å². The van der Waals surface area contributed by atoms with Gasteiger partial charge in [0.2, 0.25) is 11.8 Å². The van der Waals surface area contributed by atoms with Gasteiger partial charge in [0.15, 0.2) is 0 Å². The highest BCUT2D eigenvalue weighted by molar-refractivity contribution is 6.03. The summed E-state index contributed by atoms with van der Waals surface area (Å²) in [5.74, 6) is -2.00. The van der Waals surface area contributed by atoms with Crippen LogP contribution in [0.15, 0.2) is 48.5 Å². The zero-order valence-corrected chi connectivity index (χ0v) is 13.4. The molecule has 1 heterocycles. The number of anilines is 2. The second kappa shape index (κ2) is 6.78. The van der Waals surface area contributed by atoms with E-state index in [2.05, 4.69) is 5.32 Å². The van der Waals surface area contributed by atoms with E-state index in [-0.39, 0.29) is 24.6 Å². The monoisotopic (exact) mass is 366 g/mol. The molecule has 8 heteroatoms. The van der Waals surface area contributed by atoms with Crippen LogP contribution in [0, 0.1) is 11.7 Å². The molecule has 2 aromatic rings. The standard InChI is InChI=1S/C18H14F4N2O2/c19-13-4-6-15(7-5-13)24-10-11(8-16(24)25)17(26)23-14-3-1-2-12(9-14)18(20,21)22/h1-7,9,11H,8,10H2,(H,23,26)/t11-/m0/s1. The molecule has 1 saturated heterocycles. The molecule has 1 aliphatic heterocycles. The van der Waals surface area contributed by atoms with E-state index in [1.807, 2.05) is 0 Å². The van der Waals surface area contributed by atoms with Crippen LogP contribution in [-0.2, 0) is 15.8 Å². The second-order valence-corrected chi connectivity index (χ2v) is 5.95. The Kier molecular flexibility index (Phi) is 4.67. The fourth-order valence-electron chi connectivity index (χ4n) is 2.77. The number of benzene rings is 2. The molecule has 0 unspecified atom stereocenters. The van der Waals surface area contributed by atoms with E-state index in [9.17, 15) is 27.2 Å². The van der Waals surface area contributed by atoms with E-state index in [1.165, 1.54) is 41.3 Å². The Morgan fingerprint density at radius 2 is 1.81 bits per heavy atom. The van der Waals surface area contributed by atoms with E-state index in [0.717, 1.165) is 12.1 Å². The molecule has 0 spiro atoms. The Bertz CT molecular complexity index is 834. The Balaban J connectivity index is 1.70. The molecular formula is C18H14F4N2O2. The molecule has 2 aromatic carbocycles. The Hall–Kier alpha value is -2.90. The van der Waals surface area contributed by atoms with E-state index < -0.39 is 29.4 Å². The summed E-state index contributed by atoms with van der Waals surface area (Å²) in [5.41, 5.74) is -0.394. The van der Waals surface area contributed by atoms with Gasteiger partial charge in [-0.3, -0.25) is 9.59 Å². The zero-order chi connectivity index (χ0) is 18.9. The molecule has 136 valence electrons. The number of halogens is 4. The first-order chi connectivity index (χ1) is 12.2. The third-order valence-corrected chi connectivity index (χ3v) is 4.09. The SMILES string of the molecule is O=C(Nc1cccc(C(F)(F)F)c1)[C@H]1CC(=O)N(c2ccc(F)cc2)C1. The summed E-state index contributed by atoms with van der Waals surface area (Å²) in [6.07, 6.45) is -4.58. The van der Waals surface area contributed by atoms with Gasteiger partial charge >= 0.3 is 6.18 Å². The summed E-state index contributed by atoms with van der Waals surface area (Å²) in [6.45, 7) is 0.0786. The van der Waals surface area contributed by atoms with Gasteiger partial charge in [-0.1, -0.05) is 6.07 Å². The van der Waals surface area contributed by atoms with Crippen molar-refractivity contribution >= 4 is 23.2 Å². The van der Waals surface area contributed by atoms with Gasteiger partial charge in [0.1, 0.15) is 5.82 Å². The molecule has 1 fully saturated rings. The van der Waals surface area contributed by atoms with Crippen LogP contribution in [0.3, 0.4) is 0 Å². The van der Waals surface area contributed by atoms with Crippen molar-refractivity contribution in [3.8, 4) is 0 Å². The Morgan fingerprint density at radius 1 is 1.12 bits per heavy atom. The first kappa shape index (κ1) is 17.9. The average Bonchev–Trinajstić information content (AvgIpc) is 2.97. The quantitative estimate of drug-likeness (QED) is 0.840. The van der Waals surface area contributed by atoms with E-state index >= 15 is 0 Å². The largest absolute Gasteiger partial charge is 0.416 e. The molecule has 1 N–H and O–H groups in total. The van der Waals surface area contributed by atoms with Crippen LogP contribution in [0.25, 0.3) is 0 Å². The maximum Gasteiger partial charge on any atom is 0.416 e. The van der Waals surface area contributed by atoms with Gasteiger partial charge in [0.25, 0.3) is 0 Å². The molecule has 1 atom stereocenters. The molecule has 4 nitrogen and oxygen atoms in total. The first-order valence-electron chi connectivity index (χ1n) is 7.78. The number of carbonyl (C=O) groups excluding carboxylic acids is 2. The average molecular weight is 366 g/mol. The second-order valence-electron chi connectivity index (χ2n) is 5.95. The summed E-state index contributed by atoms with van der Waals surface area (Å²) < 4.78 is 51.2. The highest BCUT2D eigenvalue weighted by Crippen LogP contribution is 2.31. The first-order valence-corrected chi connectivity index (χ1v) is 7.78.